The fourth-order valence-corrected chi connectivity index (χ4v) is 1.82. The van der Waals surface area contributed by atoms with Crippen LogP contribution in [0.5, 0.6) is 0 Å². The van der Waals surface area contributed by atoms with Gasteiger partial charge in [0.15, 0.2) is 0 Å². The lowest BCUT2D eigenvalue weighted by molar-refractivity contribution is 0.263. The summed E-state index contributed by atoms with van der Waals surface area (Å²) in [6.07, 6.45) is 8.14. The fourth-order valence-electron chi connectivity index (χ4n) is 1.82. The molecule has 0 bridgehead atoms. The molecular weight excluding hydrogens is 152 g/mol. The van der Waals surface area contributed by atoms with Crippen LogP contribution >= 0.6 is 0 Å². The molecule has 0 aliphatic heterocycles. The highest BCUT2D eigenvalue weighted by Crippen LogP contribution is 2.25. The molecular formula is C8H14N4. The molecule has 66 valence electrons. The first kappa shape index (κ1) is 7.73. The normalized spacial score (nSPS) is 30.4. The van der Waals surface area contributed by atoms with Crippen molar-refractivity contribution >= 4 is 0 Å². The molecule has 2 rings (SSSR count). The van der Waals surface area contributed by atoms with E-state index in [1.807, 2.05) is 0 Å². The molecule has 1 heterocycles. The standard InChI is InChI=1S/C8H14N4/c9-7-3-1-2-4-8(7)12-10-5-6-11-12/h5-8H,1-4,9H2. The Morgan fingerprint density at radius 2 is 1.83 bits per heavy atom. The van der Waals surface area contributed by atoms with Crippen LogP contribution in [0.25, 0.3) is 0 Å². The lowest BCUT2D eigenvalue weighted by Gasteiger charge is -2.27. The van der Waals surface area contributed by atoms with Gasteiger partial charge in [0, 0.05) is 6.04 Å². The summed E-state index contributed by atoms with van der Waals surface area (Å²) in [5.41, 5.74) is 5.97. The van der Waals surface area contributed by atoms with E-state index in [1.165, 1.54) is 12.8 Å². The first-order valence-electron chi connectivity index (χ1n) is 4.49. The molecule has 2 atom stereocenters. The van der Waals surface area contributed by atoms with Gasteiger partial charge in [-0.2, -0.15) is 15.0 Å². The van der Waals surface area contributed by atoms with Gasteiger partial charge < -0.3 is 5.73 Å². The molecule has 4 heteroatoms. The third-order valence-corrected chi connectivity index (χ3v) is 2.51. The molecule has 1 aromatic heterocycles. The van der Waals surface area contributed by atoms with Gasteiger partial charge in [0.25, 0.3) is 0 Å². The van der Waals surface area contributed by atoms with Gasteiger partial charge in [0.05, 0.1) is 18.4 Å². The van der Waals surface area contributed by atoms with Crippen molar-refractivity contribution in [3.63, 3.8) is 0 Å². The second-order valence-electron chi connectivity index (χ2n) is 3.37. The minimum Gasteiger partial charge on any atom is -0.326 e. The summed E-state index contributed by atoms with van der Waals surface area (Å²) in [5.74, 6) is 0. The van der Waals surface area contributed by atoms with Gasteiger partial charge in [0.1, 0.15) is 0 Å². The summed E-state index contributed by atoms with van der Waals surface area (Å²) in [5, 5.41) is 8.23. The average molecular weight is 166 g/mol. The Morgan fingerprint density at radius 3 is 2.50 bits per heavy atom. The third kappa shape index (κ3) is 1.34. The van der Waals surface area contributed by atoms with Crippen LogP contribution in [0, 0.1) is 0 Å². The third-order valence-electron chi connectivity index (χ3n) is 2.51. The van der Waals surface area contributed by atoms with E-state index in [-0.39, 0.29) is 6.04 Å². The van der Waals surface area contributed by atoms with Crippen molar-refractivity contribution < 1.29 is 0 Å². The average Bonchev–Trinajstić information content (AvgIpc) is 2.57. The Balaban J connectivity index is 2.11. The van der Waals surface area contributed by atoms with Crippen molar-refractivity contribution in [3.8, 4) is 0 Å². The molecule has 0 spiro atoms. The Bertz CT molecular complexity index is 231. The van der Waals surface area contributed by atoms with Gasteiger partial charge in [-0.25, -0.2) is 0 Å². The number of hydrogen-bond acceptors (Lipinski definition) is 3. The van der Waals surface area contributed by atoms with Crippen molar-refractivity contribution in [3.05, 3.63) is 12.4 Å². The van der Waals surface area contributed by atoms with E-state index >= 15 is 0 Å². The van der Waals surface area contributed by atoms with Crippen molar-refractivity contribution in [1.82, 2.24) is 15.0 Å². The predicted octanol–water partition coefficient (Wildman–Crippen LogP) is 0.720. The number of rotatable bonds is 1. The highest BCUT2D eigenvalue weighted by Gasteiger charge is 2.24. The van der Waals surface area contributed by atoms with E-state index in [4.69, 9.17) is 5.73 Å². The van der Waals surface area contributed by atoms with Crippen LogP contribution < -0.4 is 5.73 Å². The van der Waals surface area contributed by atoms with Crippen molar-refractivity contribution in [2.45, 2.75) is 37.8 Å². The van der Waals surface area contributed by atoms with E-state index in [2.05, 4.69) is 10.2 Å². The van der Waals surface area contributed by atoms with Gasteiger partial charge in [-0.15, -0.1) is 0 Å². The van der Waals surface area contributed by atoms with Crippen LogP contribution in [0.3, 0.4) is 0 Å². The molecule has 1 saturated carbocycles. The number of nitrogens with two attached hydrogens (primary N) is 1. The zero-order valence-electron chi connectivity index (χ0n) is 7.06. The molecule has 0 radical (unpaired) electrons. The molecule has 4 nitrogen and oxygen atoms in total. The Kier molecular flexibility index (Phi) is 2.08. The predicted molar refractivity (Wildman–Crippen MR) is 45.5 cm³/mol. The van der Waals surface area contributed by atoms with Gasteiger partial charge in [-0.05, 0) is 12.8 Å². The summed E-state index contributed by atoms with van der Waals surface area (Å²) < 4.78 is 0. The Labute approximate surface area is 71.8 Å². The van der Waals surface area contributed by atoms with Crippen molar-refractivity contribution in [2.75, 3.05) is 0 Å². The summed E-state index contributed by atoms with van der Waals surface area (Å²) in [6.45, 7) is 0. The molecule has 0 amide bonds. The highest BCUT2D eigenvalue weighted by atomic mass is 15.5. The van der Waals surface area contributed by atoms with Gasteiger partial charge >= 0.3 is 0 Å². The molecule has 1 aromatic rings. The number of nitrogens with zero attached hydrogens (tertiary/aromatic N) is 3. The molecule has 1 fully saturated rings. The second-order valence-corrected chi connectivity index (χ2v) is 3.37. The summed E-state index contributed by atoms with van der Waals surface area (Å²) in [7, 11) is 0. The number of hydrogen-bond donors (Lipinski definition) is 1. The van der Waals surface area contributed by atoms with Crippen LogP contribution in [0.1, 0.15) is 31.7 Å². The molecule has 12 heavy (non-hydrogen) atoms. The van der Waals surface area contributed by atoms with Gasteiger partial charge in [-0.1, -0.05) is 12.8 Å². The van der Waals surface area contributed by atoms with Crippen LogP contribution in [0.15, 0.2) is 12.4 Å². The minimum atomic E-state index is 0.242. The maximum Gasteiger partial charge on any atom is 0.0866 e. The van der Waals surface area contributed by atoms with E-state index in [0.29, 0.717) is 6.04 Å². The first-order chi connectivity index (χ1) is 5.88. The molecule has 1 aliphatic rings. The lowest BCUT2D eigenvalue weighted by Crippen LogP contribution is -2.36. The quantitative estimate of drug-likeness (QED) is 0.668. The van der Waals surface area contributed by atoms with Crippen molar-refractivity contribution in [1.29, 1.82) is 0 Å². The topological polar surface area (TPSA) is 56.7 Å². The van der Waals surface area contributed by atoms with Crippen LogP contribution in [0.2, 0.25) is 0 Å². The van der Waals surface area contributed by atoms with E-state index in [9.17, 15) is 0 Å². The zero-order valence-corrected chi connectivity index (χ0v) is 7.06. The molecule has 2 N–H and O–H groups in total. The smallest absolute Gasteiger partial charge is 0.0866 e. The van der Waals surface area contributed by atoms with Crippen LogP contribution in [-0.4, -0.2) is 21.0 Å². The molecule has 1 aliphatic carbocycles. The largest absolute Gasteiger partial charge is 0.326 e. The summed E-state index contributed by atoms with van der Waals surface area (Å²) in [4.78, 5) is 1.75. The molecule has 2 unspecified atom stereocenters. The van der Waals surface area contributed by atoms with E-state index < -0.39 is 0 Å². The molecule has 0 aromatic carbocycles. The van der Waals surface area contributed by atoms with Crippen molar-refractivity contribution in [2.24, 2.45) is 5.73 Å². The van der Waals surface area contributed by atoms with E-state index in [1.54, 1.807) is 17.2 Å². The zero-order chi connectivity index (χ0) is 8.39. The van der Waals surface area contributed by atoms with Crippen LogP contribution in [0.4, 0.5) is 0 Å². The molecule has 0 saturated heterocycles. The lowest BCUT2D eigenvalue weighted by atomic mass is 9.91. The fraction of sp³-hybridized carbons (Fsp3) is 0.750. The summed E-state index contributed by atoms with van der Waals surface area (Å²) in [6, 6.07) is 0.569. The van der Waals surface area contributed by atoms with Crippen LogP contribution in [-0.2, 0) is 0 Å². The maximum atomic E-state index is 5.97. The SMILES string of the molecule is NC1CCCCC1n1nccn1. The second kappa shape index (κ2) is 3.23. The monoisotopic (exact) mass is 166 g/mol. The first-order valence-corrected chi connectivity index (χ1v) is 4.49. The Hall–Kier alpha value is -0.900. The number of aromatic nitrogens is 3. The Morgan fingerprint density at radius 1 is 1.17 bits per heavy atom. The van der Waals surface area contributed by atoms with Gasteiger partial charge in [0.2, 0.25) is 0 Å². The van der Waals surface area contributed by atoms with Gasteiger partial charge in [-0.3, -0.25) is 0 Å². The minimum absolute atomic E-state index is 0.242. The highest BCUT2D eigenvalue weighted by molar-refractivity contribution is 4.81. The van der Waals surface area contributed by atoms with E-state index in [0.717, 1.165) is 12.8 Å². The maximum absolute atomic E-state index is 5.97. The summed E-state index contributed by atoms with van der Waals surface area (Å²) >= 11 is 0.